The first-order valence-electron chi connectivity index (χ1n) is 5.92. The topological polar surface area (TPSA) is 71.2 Å². The van der Waals surface area contributed by atoms with Crippen LogP contribution in [-0.4, -0.2) is 28.0 Å². The Balaban J connectivity index is 1.64. The lowest BCUT2D eigenvalue weighted by molar-refractivity contribution is 0.108. The summed E-state index contributed by atoms with van der Waals surface area (Å²) in [5.74, 6) is 1.93. The van der Waals surface area contributed by atoms with Crippen LogP contribution in [0, 0.1) is 12.8 Å². The smallest absolute Gasteiger partial charge is 0.230 e. The van der Waals surface area contributed by atoms with E-state index in [9.17, 15) is 5.11 Å². The first-order valence-corrected chi connectivity index (χ1v) is 5.92. The highest BCUT2D eigenvalue weighted by Gasteiger charge is 2.18. The molecule has 1 saturated carbocycles. The fourth-order valence-electron chi connectivity index (χ4n) is 2.14. The third kappa shape index (κ3) is 3.28. The normalized spacial score (nSPS) is 25.9. The standard InChI is InChI=1S/C11H19N3O2/c1-8-13-14-11(16-8)7-12-6-9-2-4-10(15)5-3-9/h9-10,12,15H,2-7H2,1H3. The zero-order valence-electron chi connectivity index (χ0n) is 9.65. The molecule has 5 heteroatoms. The monoisotopic (exact) mass is 225 g/mol. The minimum absolute atomic E-state index is 0.0742. The van der Waals surface area contributed by atoms with Crippen LogP contribution in [0.3, 0.4) is 0 Å². The molecule has 1 fully saturated rings. The molecule has 0 unspecified atom stereocenters. The van der Waals surface area contributed by atoms with Gasteiger partial charge in [-0.3, -0.25) is 0 Å². The molecule has 16 heavy (non-hydrogen) atoms. The Morgan fingerprint density at radius 3 is 2.69 bits per heavy atom. The maximum atomic E-state index is 9.38. The van der Waals surface area contributed by atoms with Crippen molar-refractivity contribution in [3.63, 3.8) is 0 Å². The first kappa shape index (κ1) is 11.5. The summed E-state index contributed by atoms with van der Waals surface area (Å²) in [5.41, 5.74) is 0. The minimum Gasteiger partial charge on any atom is -0.424 e. The molecule has 2 rings (SSSR count). The highest BCUT2D eigenvalue weighted by molar-refractivity contribution is 4.79. The van der Waals surface area contributed by atoms with Crippen molar-refractivity contribution in [2.45, 2.75) is 45.3 Å². The largest absolute Gasteiger partial charge is 0.424 e. The SMILES string of the molecule is Cc1nnc(CNCC2CCC(O)CC2)o1. The lowest BCUT2D eigenvalue weighted by Gasteiger charge is -2.25. The second-order valence-corrected chi connectivity index (χ2v) is 4.52. The van der Waals surface area contributed by atoms with E-state index in [1.54, 1.807) is 6.92 Å². The van der Waals surface area contributed by atoms with Crippen LogP contribution < -0.4 is 5.32 Å². The Morgan fingerprint density at radius 1 is 1.31 bits per heavy atom. The third-order valence-electron chi connectivity index (χ3n) is 3.09. The second kappa shape index (κ2) is 5.41. The maximum absolute atomic E-state index is 9.38. The summed E-state index contributed by atoms with van der Waals surface area (Å²) >= 11 is 0. The molecule has 1 aromatic heterocycles. The van der Waals surface area contributed by atoms with Crippen LogP contribution in [0.2, 0.25) is 0 Å². The van der Waals surface area contributed by atoms with Gasteiger partial charge in [-0.15, -0.1) is 10.2 Å². The van der Waals surface area contributed by atoms with Gasteiger partial charge in [0.15, 0.2) is 0 Å². The lowest BCUT2D eigenvalue weighted by Crippen LogP contribution is -2.27. The summed E-state index contributed by atoms with van der Waals surface area (Å²) in [6.45, 7) is 3.40. The Labute approximate surface area is 95.3 Å². The molecule has 0 radical (unpaired) electrons. The van der Waals surface area contributed by atoms with Gasteiger partial charge in [0.05, 0.1) is 12.6 Å². The Hall–Kier alpha value is -0.940. The van der Waals surface area contributed by atoms with Crippen LogP contribution in [-0.2, 0) is 6.54 Å². The number of hydrogen-bond donors (Lipinski definition) is 2. The van der Waals surface area contributed by atoms with Crippen molar-refractivity contribution in [2.75, 3.05) is 6.54 Å². The van der Waals surface area contributed by atoms with Crippen molar-refractivity contribution in [1.29, 1.82) is 0 Å². The Morgan fingerprint density at radius 2 is 2.06 bits per heavy atom. The van der Waals surface area contributed by atoms with E-state index in [-0.39, 0.29) is 6.10 Å². The van der Waals surface area contributed by atoms with Crippen molar-refractivity contribution < 1.29 is 9.52 Å². The number of rotatable bonds is 4. The minimum atomic E-state index is -0.0742. The van der Waals surface area contributed by atoms with Gasteiger partial charge in [-0.05, 0) is 38.1 Å². The van der Waals surface area contributed by atoms with Crippen molar-refractivity contribution in [2.24, 2.45) is 5.92 Å². The van der Waals surface area contributed by atoms with Gasteiger partial charge in [-0.2, -0.15) is 0 Å². The molecule has 5 nitrogen and oxygen atoms in total. The summed E-state index contributed by atoms with van der Waals surface area (Å²) in [4.78, 5) is 0. The fraction of sp³-hybridized carbons (Fsp3) is 0.818. The van der Waals surface area contributed by atoms with E-state index < -0.39 is 0 Å². The summed E-state index contributed by atoms with van der Waals surface area (Å²) in [6, 6.07) is 0. The number of aliphatic hydroxyl groups is 1. The van der Waals surface area contributed by atoms with Crippen LogP contribution in [0.4, 0.5) is 0 Å². The lowest BCUT2D eigenvalue weighted by atomic mass is 9.87. The number of aryl methyl sites for hydroxylation is 1. The van der Waals surface area contributed by atoms with E-state index in [0.29, 0.717) is 24.2 Å². The molecule has 0 atom stereocenters. The Kier molecular flexibility index (Phi) is 3.90. The van der Waals surface area contributed by atoms with Crippen LogP contribution >= 0.6 is 0 Å². The maximum Gasteiger partial charge on any atom is 0.230 e. The summed E-state index contributed by atoms with van der Waals surface area (Å²) in [7, 11) is 0. The number of hydrogen-bond acceptors (Lipinski definition) is 5. The van der Waals surface area contributed by atoms with Crippen LogP contribution in [0.5, 0.6) is 0 Å². The molecule has 1 aliphatic carbocycles. The van der Waals surface area contributed by atoms with E-state index in [1.165, 1.54) is 0 Å². The zero-order valence-corrected chi connectivity index (χ0v) is 9.65. The number of aliphatic hydroxyl groups excluding tert-OH is 1. The van der Waals surface area contributed by atoms with Crippen molar-refractivity contribution in [3.05, 3.63) is 11.8 Å². The molecule has 0 saturated heterocycles. The third-order valence-corrected chi connectivity index (χ3v) is 3.09. The molecule has 1 aromatic rings. The molecule has 0 aromatic carbocycles. The van der Waals surface area contributed by atoms with Crippen molar-refractivity contribution in [1.82, 2.24) is 15.5 Å². The van der Waals surface area contributed by atoms with Gasteiger partial charge in [0.1, 0.15) is 0 Å². The van der Waals surface area contributed by atoms with Gasteiger partial charge < -0.3 is 14.8 Å². The van der Waals surface area contributed by atoms with E-state index in [4.69, 9.17) is 4.42 Å². The predicted molar refractivity (Wildman–Crippen MR) is 58.7 cm³/mol. The highest BCUT2D eigenvalue weighted by atomic mass is 16.4. The molecular weight excluding hydrogens is 206 g/mol. The molecule has 1 heterocycles. The molecule has 0 spiro atoms. The highest BCUT2D eigenvalue weighted by Crippen LogP contribution is 2.23. The van der Waals surface area contributed by atoms with Gasteiger partial charge in [0.25, 0.3) is 0 Å². The molecule has 1 aliphatic rings. The molecule has 90 valence electrons. The average Bonchev–Trinajstić information content (AvgIpc) is 2.67. The van der Waals surface area contributed by atoms with Gasteiger partial charge >= 0.3 is 0 Å². The molecular formula is C11H19N3O2. The molecule has 0 bridgehead atoms. The van der Waals surface area contributed by atoms with Gasteiger partial charge in [-0.1, -0.05) is 0 Å². The molecule has 2 N–H and O–H groups in total. The zero-order chi connectivity index (χ0) is 11.4. The van der Waals surface area contributed by atoms with Crippen molar-refractivity contribution in [3.8, 4) is 0 Å². The summed E-state index contributed by atoms with van der Waals surface area (Å²) in [5, 5.41) is 20.4. The average molecular weight is 225 g/mol. The van der Waals surface area contributed by atoms with E-state index in [2.05, 4.69) is 15.5 Å². The number of nitrogens with zero attached hydrogens (tertiary/aromatic N) is 2. The molecule has 0 aliphatic heterocycles. The quantitative estimate of drug-likeness (QED) is 0.800. The van der Waals surface area contributed by atoms with Crippen LogP contribution in [0.1, 0.15) is 37.5 Å². The molecule has 0 amide bonds. The van der Waals surface area contributed by atoms with Gasteiger partial charge in [-0.25, -0.2) is 0 Å². The van der Waals surface area contributed by atoms with Gasteiger partial charge in [0, 0.05) is 6.92 Å². The van der Waals surface area contributed by atoms with E-state index in [0.717, 1.165) is 32.2 Å². The van der Waals surface area contributed by atoms with Gasteiger partial charge in [0.2, 0.25) is 11.8 Å². The second-order valence-electron chi connectivity index (χ2n) is 4.52. The number of nitrogens with one attached hydrogen (secondary N) is 1. The van der Waals surface area contributed by atoms with Crippen LogP contribution in [0.15, 0.2) is 4.42 Å². The van der Waals surface area contributed by atoms with Crippen molar-refractivity contribution >= 4 is 0 Å². The summed E-state index contributed by atoms with van der Waals surface area (Å²) < 4.78 is 5.27. The first-order chi connectivity index (χ1) is 7.74. The van der Waals surface area contributed by atoms with E-state index >= 15 is 0 Å². The van der Waals surface area contributed by atoms with Crippen LogP contribution in [0.25, 0.3) is 0 Å². The fourth-order valence-corrected chi connectivity index (χ4v) is 2.14. The predicted octanol–water partition coefficient (Wildman–Crippen LogP) is 1.02. The Bertz CT molecular complexity index is 319. The van der Waals surface area contributed by atoms with E-state index in [1.807, 2.05) is 0 Å². The summed E-state index contributed by atoms with van der Waals surface area (Å²) in [6.07, 6.45) is 4.02. The number of aromatic nitrogens is 2.